The summed E-state index contributed by atoms with van der Waals surface area (Å²) in [5.74, 6) is -1.45. The average molecular weight is 287 g/mol. The first kappa shape index (κ1) is 18.4. The van der Waals surface area contributed by atoms with E-state index in [1.54, 1.807) is 0 Å². The van der Waals surface area contributed by atoms with Crippen LogP contribution in [-0.2, 0) is 24.0 Å². The van der Waals surface area contributed by atoms with E-state index in [0.29, 0.717) is 6.42 Å². The number of hydroxylamine groups is 1. The molecule has 0 saturated heterocycles. The molecule has 0 spiro atoms. The zero-order valence-corrected chi connectivity index (χ0v) is 12.4. The van der Waals surface area contributed by atoms with Gasteiger partial charge in [-0.1, -0.05) is 39.0 Å². The highest BCUT2D eigenvalue weighted by Gasteiger charge is 2.10. The third-order valence-electron chi connectivity index (χ3n) is 2.80. The summed E-state index contributed by atoms with van der Waals surface area (Å²) in [7, 11) is 1.25. The van der Waals surface area contributed by atoms with E-state index in [1.165, 1.54) is 26.4 Å². The number of carbonyl (C=O) groups excluding carboxylic acids is 3. The zero-order chi connectivity index (χ0) is 15.2. The van der Waals surface area contributed by atoms with E-state index in [0.717, 1.165) is 19.3 Å². The molecule has 0 atom stereocenters. The second kappa shape index (κ2) is 12.4. The summed E-state index contributed by atoms with van der Waals surface area (Å²) in [4.78, 5) is 37.9. The number of rotatable bonds is 10. The molecule has 1 N–H and O–H groups in total. The number of hydrogen-bond acceptors (Lipinski definition) is 5. The van der Waals surface area contributed by atoms with Crippen molar-refractivity contribution in [2.75, 3.05) is 7.11 Å². The second-order valence-electron chi connectivity index (χ2n) is 4.59. The van der Waals surface area contributed by atoms with Crippen molar-refractivity contribution in [1.82, 2.24) is 5.48 Å². The van der Waals surface area contributed by atoms with Gasteiger partial charge in [-0.3, -0.25) is 9.59 Å². The number of ether oxygens (including phenoxy) is 1. The van der Waals surface area contributed by atoms with Crippen LogP contribution in [0.5, 0.6) is 0 Å². The van der Waals surface area contributed by atoms with Gasteiger partial charge in [-0.15, -0.1) is 0 Å². The van der Waals surface area contributed by atoms with Crippen molar-refractivity contribution in [3.63, 3.8) is 0 Å². The van der Waals surface area contributed by atoms with Crippen LogP contribution in [0.25, 0.3) is 0 Å². The molecule has 0 saturated carbocycles. The van der Waals surface area contributed by atoms with Gasteiger partial charge in [0.2, 0.25) is 0 Å². The first-order valence-corrected chi connectivity index (χ1v) is 7.15. The fourth-order valence-electron chi connectivity index (χ4n) is 1.59. The smallest absolute Gasteiger partial charge is 0.332 e. The maximum Gasteiger partial charge on any atom is 0.332 e. The normalized spacial score (nSPS) is 9.90. The summed E-state index contributed by atoms with van der Waals surface area (Å²) in [6.45, 7) is 2.15. The van der Waals surface area contributed by atoms with Crippen LogP contribution in [0.3, 0.4) is 0 Å². The van der Waals surface area contributed by atoms with Crippen molar-refractivity contribution in [2.45, 2.75) is 64.7 Å². The Kier molecular flexibility index (Phi) is 11.5. The molecule has 0 aromatic rings. The van der Waals surface area contributed by atoms with Crippen molar-refractivity contribution in [3.8, 4) is 0 Å². The molecule has 0 radical (unpaired) electrons. The minimum Gasteiger partial charge on any atom is -0.469 e. The minimum absolute atomic E-state index is 0.0529. The van der Waals surface area contributed by atoms with Gasteiger partial charge >= 0.3 is 11.9 Å². The molecule has 6 heteroatoms. The molecule has 0 heterocycles. The molecule has 116 valence electrons. The molecule has 1 amide bonds. The lowest BCUT2D eigenvalue weighted by Crippen LogP contribution is -2.27. The monoisotopic (exact) mass is 287 g/mol. The molecule has 0 aromatic carbocycles. The van der Waals surface area contributed by atoms with Crippen molar-refractivity contribution in [1.29, 1.82) is 0 Å². The van der Waals surface area contributed by atoms with Gasteiger partial charge in [-0.2, -0.15) is 5.48 Å². The van der Waals surface area contributed by atoms with Crippen LogP contribution < -0.4 is 5.48 Å². The van der Waals surface area contributed by atoms with Gasteiger partial charge in [-0.05, 0) is 6.42 Å². The van der Waals surface area contributed by atoms with E-state index in [-0.39, 0.29) is 18.7 Å². The number of nitrogens with one attached hydrogen (secondary N) is 1. The number of esters is 1. The molecule has 0 bridgehead atoms. The van der Waals surface area contributed by atoms with Crippen LogP contribution in [0.15, 0.2) is 0 Å². The Hall–Kier alpha value is -1.59. The van der Waals surface area contributed by atoms with Crippen LogP contribution in [0.1, 0.15) is 64.7 Å². The number of unbranched alkanes of at least 4 members (excludes halogenated alkanes) is 5. The van der Waals surface area contributed by atoms with Gasteiger partial charge in [0.25, 0.3) is 5.91 Å². The summed E-state index contributed by atoms with van der Waals surface area (Å²) in [5.41, 5.74) is 2.09. The summed E-state index contributed by atoms with van der Waals surface area (Å²) in [5, 5.41) is 0. The first-order valence-electron chi connectivity index (χ1n) is 7.15. The first-order chi connectivity index (χ1) is 9.60. The largest absolute Gasteiger partial charge is 0.469 e. The number of hydrogen-bond donors (Lipinski definition) is 1. The highest BCUT2D eigenvalue weighted by molar-refractivity contribution is 5.80. The second-order valence-corrected chi connectivity index (χ2v) is 4.59. The fourth-order valence-corrected chi connectivity index (χ4v) is 1.59. The molecule has 0 aromatic heterocycles. The number of amides is 1. The third kappa shape index (κ3) is 11.5. The van der Waals surface area contributed by atoms with E-state index in [4.69, 9.17) is 0 Å². The predicted octanol–water partition coefficient (Wildman–Crippen LogP) is 2.26. The lowest BCUT2D eigenvalue weighted by molar-refractivity contribution is -0.159. The molecule has 0 aliphatic carbocycles. The lowest BCUT2D eigenvalue weighted by atomic mass is 10.1. The molecule has 0 fully saturated rings. The molecule has 6 nitrogen and oxygen atoms in total. The van der Waals surface area contributed by atoms with E-state index >= 15 is 0 Å². The molecular formula is C14H25NO5. The topological polar surface area (TPSA) is 81.7 Å². The van der Waals surface area contributed by atoms with E-state index in [9.17, 15) is 14.4 Å². The van der Waals surface area contributed by atoms with E-state index in [2.05, 4.69) is 22.0 Å². The Labute approximate surface area is 120 Å². The fraction of sp³-hybridized carbons (Fsp3) is 0.786. The molecular weight excluding hydrogens is 262 g/mol. The number of carbonyl (C=O) groups is 3. The molecule has 0 aliphatic heterocycles. The standard InChI is InChI=1S/C14H25NO5/c1-3-4-5-6-7-8-9-12(16)15-20-14(18)11-10-13(17)19-2/h3-11H2,1-2H3,(H,15,16). The molecule has 20 heavy (non-hydrogen) atoms. The maximum atomic E-state index is 11.4. The van der Waals surface area contributed by atoms with Gasteiger partial charge in [0, 0.05) is 6.42 Å². The van der Waals surface area contributed by atoms with Gasteiger partial charge < -0.3 is 9.57 Å². The van der Waals surface area contributed by atoms with Crippen LogP contribution in [0.4, 0.5) is 0 Å². The van der Waals surface area contributed by atoms with Crippen LogP contribution in [0.2, 0.25) is 0 Å². The van der Waals surface area contributed by atoms with Crippen molar-refractivity contribution in [2.24, 2.45) is 0 Å². The van der Waals surface area contributed by atoms with Crippen LogP contribution in [-0.4, -0.2) is 25.0 Å². The minimum atomic E-state index is -0.647. The Morgan fingerprint density at radius 3 is 2.10 bits per heavy atom. The molecule has 0 rings (SSSR count). The summed E-state index contributed by atoms with van der Waals surface area (Å²) in [6.07, 6.45) is 6.72. The third-order valence-corrected chi connectivity index (χ3v) is 2.80. The zero-order valence-electron chi connectivity index (χ0n) is 12.4. The van der Waals surface area contributed by atoms with Gasteiger partial charge in [-0.25, -0.2) is 4.79 Å². The van der Waals surface area contributed by atoms with Crippen LogP contribution in [0, 0.1) is 0 Å². The van der Waals surface area contributed by atoms with Crippen molar-refractivity contribution < 1.29 is 24.0 Å². The molecule has 0 aliphatic rings. The Morgan fingerprint density at radius 2 is 1.45 bits per heavy atom. The predicted molar refractivity (Wildman–Crippen MR) is 73.5 cm³/mol. The van der Waals surface area contributed by atoms with Gasteiger partial charge in [0.1, 0.15) is 0 Å². The van der Waals surface area contributed by atoms with E-state index in [1.807, 2.05) is 0 Å². The summed E-state index contributed by atoms with van der Waals surface area (Å²) < 4.78 is 4.39. The van der Waals surface area contributed by atoms with E-state index < -0.39 is 11.9 Å². The summed E-state index contributed by atoms with van der Waals surface area (Å²) in [6, 6.07) is 0. The van der Waals surface area contributed by atoms with Crippen molar-refractivity contribution >= 4 is 17.8 Å². The number of methoxy groups -OCH3 is 1. The highest BCUT2D eigenvalue weighted by Crippen LogP contribution is 2.06. The lowest BCUT2D eigenvalue weighted by Gasteiger charge is -2.05. The summed E-state index contributed by atoms with van der Waals surface area (Å²) >= 11 is 0. The highest BCUT2D eigenvalue weighted by atomic mass is 16.7. The maximum absolute atomic E-state index is 11.4. The van der Waals surface area contributed by atoms with Crippen molar-refractivity contribution in [3.05, 3.63) is 0 Å². The quantitative estimate of drug-likeness (QED) is 0.378. The Balaban J connectivity index is 3.48. The van der Waals surface area contributed by atoms with Crippen LogP contribution >= 0.6 is 0 Å². The molecule has 0 unspecified atom stereocenters. The average Bonchev–Trinajstić information content (AvgIpc) is 2.46. The van der Waals surface area contributed by atoms with Gasteiger partial charge in [0.15, 0.2) is 0 Å². The Morgan fingerprint density at radius 1 is 0.850 bits per heavy atom. The SMILES string of the molecule is CCCCCCCCC(=O)NOC(=O)CCC(=O)OC. The Bertz CT molecular complexity index is 304. The van der Waals surface area contributed by atoms with Gasteiger partial charge in [0.05, 0.1) is 20.0 Å².